The van der Waals surface area contributed by atoms with Gasteiger partial charge in [0.05, 0.1) is 12.0 Å². The van der Waals surface area contributed by atoms with E-state index in [2.05, 4.69) is 13.8 Å². The van der Waals surface area contributed by atoms with Crippen LogP contribution >= 0.6 is 0 Å². The first-order valence-corrected chi connectivity index (χ1v) is 9.51. The predicted octanol–water partition coefficient (Wildman–Crippen LogP) is 4.86. The van der Waals surface area contributed by atoms with E-state index in [-0.39, 0.29) is 17.8 Å². The summed E-state index contributed by atoms with van der Waals surface area (Å²) >= 11 is 0. The van der Waals surface area contributed by atoms with Gasteiger partial charge in [0.15, 0.2) is 6.61 Å². The van der Waals surface area contributed by atoms with E-state index < -0.39 is 5.97 Å². The summed E-state index contributed by atoms with van der Waals surface area (Å²) in [5.41, 5.74) is 1.09. The number of fused-ring (bicyclic) bond motifs is 1. The van der Waals surface area contributed by atoms with Crippen LogP contribution < -0.4 is 14.9 Å². The Bertz CT molecular complexity index is 1050. The fourth-order valence-electron chi connectivity index (χ4n) is 2.65. The van der Waals surface area contributed by atoms with Crippen molar-refractivity contribution in [3.63, 3.8) is 0 Å². The highest BCUT2D eigenvalue weighted by atomic mass is 16.6. The molecule has 29 heavy (non-hydrogen) atoms. The van der Waals surface area contributed by atoms with Crippen LogP contribution in [0.1, 0.15) is 25.8 Å². The lowest BCUT2D eigenvalue weighted by atomic mass is 10.1. The molecule has 0 aliphatic carbocycles. The second-order valence-corrected chi connectivity index (χ2v) is 7.20. The number of carbonyl (C=O) groups excluding carboxylic acids is 1. The largest absolute Gasteiger partial charge is 0.482 e. The Kier molecular flexibility index (Phi) is 6.54. The minimum absolute atomic E-state index is 0.102. The highest BCUT2D eigenvalue weighted by Gasteiger charge is 2.11. The van der Waals surface area contributed by atoms with Gasteiger partial charge >= 0.3 is 5.97 Å². The Labute approximate surface area is 169 Å². The molecule has 1 heterocycles. The molecular formula is C23H24O6. The van der Waals surface area contributed by atoms with Crippen molar-refractivity contribution >= 4 is 16.9 Å². The molecule has 6 nitrogen and oxygen atoms in total. The number of aryl methyl sites for hydroxylation is 1. The van der Waals surface area contributed by atoms with Crippen LogP contribution in [0.25, 0.3) is 11.0 Å². The Balaban J connectivity index is 1.68. The number of rotatable bonds is 8. The van der Waals surface area contributed by atoms with E-state index >= 15 is 0 Å². The van der Waals surface area contributed by atoms with Gasteiger partial charge in [-0.25, -0.2) is 4.79 Å². The van der Waals surface area contributed by atoms with Gasteiger partial charge in [-0.05, 0) is 49.1 Å². The van der Waals surface area contributed by atoms with Crippen molar-refractivity contribution in [3.05, 3.63) is 64.5 Å². The average Bonchev–Trinajstić information content (AvgIpc) is 2.68. The maximum atomic E-state index is 12.7. The molecule has 3 aromatic rings. The second kappa shape index (κ2) is 9.28. The summed E-state index contributed by atoms with van der Waals surface area (Å²) in [6, 6.07) is 12.2. The predicted molar refractivity (Wildman–Crippen MR) is 110 cm³/mol. The molecule has 0 saturated carbocycles. The smallest absolute Gasteiger partial charge is 0.344 e. The fourth-order valence-corrected chi connectivity index (χ4v) is 2.65. The molecule has 0 fully saturated rings. The number of esters is 1. The van der Waals surface area contributed by atoms with Gasteiger partial charge < -0.3 is 18.6 Å². The van der Waals surface area contributed by atoms with E-state index in [1.807, 2.05) is 25.1 Å². The molecule has 152 valence electrons. The Morgan fingerprint density at radius 1 is 1.10 bits per heavy atom. The van der Waals surface area contributed by atoms with Gasteiger partial charge in [0, 0.05) is 6.07 Å². The molecule has 0 bridgehead atoms. The molecule has 0 aliphatic rings. The maximum absolute atomic E-state index is 12.7. The lowest BCUT2D eigenvalue weighted by Gasteiger charge is -2.09. The van der Waals surface area contributed by atoms with Gasteiger partial charge in [-0.2, -0.15) is 0 Å². The normalized spacial score (nSPS) is 10.9. The average molecular weight is 396 g/mol. The summed E-state index contributed by atoms with van der Waals surface area (Å²) in [4.78, 5) is 24.4. The van der Waals surface area contributed by atoms with Crippen molar-refractivity contribution in [2.45, 2.75) is 27.2 Å². The quantitative estimate of drug-likeness (QED) is 0.506. The molecule has 0 N–H and O–H groups in total. The zero-order valence-corrected chi connectivity index (χ0v) is 16.8. The minimum Gasteiger partial charge on any atom is -0.482 e. The van der Waals surface area contributed by atoms with Crippen LogP contribution in [0.15, 0.2) is 57.9 Å². The third kappa shape index (κ3) is 5.60. The van der Waals surface area contributed by atoms with Gasteiger partial charge in [-0.3, -0.25) is 4.79 Å². The molecule has 0 atom stereocenters. The number of hydrogen-bond acceptors (Lipinski definition) is 6. The standard InChI is InChI=1S/C23H24O6/c1-15(2)9-10-26-22(24)14-27-17-7-8-19-20(12-17)28-13-21(23(19)25)29-18-6-4-5-16(3)11-18/h4-8,11-13,15H,9-10,14H2,1-3H3. The summed E-state index contributed by atoms with van der Waals surface area (Å²) in [7, 11) is 0. The Hall–Kier alpha value is -3.28. The molecule has 0 aliphatic heterocycles. The van der Waals surface area contributed by atoms with Crippen LogP contribution in [-0.4, -0.2) is 19.2 Å². The summed E-state index contributed by atoms with van der Waals surface area (Å²) in [6.45, 7) is 6.23. The summed E-state index contributed by atoms with van der Waals surface area (Å²) < 4.78 is 21.8. The number of ether oxygens (including phenoxy) is 3. The lowest BCUT2D eigenvalue weighted by molar-refractivity contribution is -0.146. The van der Waals surface area contributed by atoms with Crippen molar-refractivity contribution < 1.29 is 23.4 Å². The van der Waals surface area contributed by atoms with Crippen LogP contribution in [0, 0.1) is 12.8 Å². The summed E-state index contributed by atoms with van der Waals surface area (Å²) in [5.74, 6) is 1.10. The fraction of sp³-hybridized carbons (Fsp3) is 0.304. The molecule has 0 saturated heterocycles. The molecule has 0 unspecified atom stereocenters. The van der Waals surface area contributed by atoms with Gasteiger partial charge in [-0.15, -0.1) is 0 Å². The highest BCUT2D eigenvalue weighted by molar-refractivity contribution is 5.79. The first-order chi connectivity index (χ1) is 13.9. The number of hydrogen-bond donors (Lipinski definition) is 0. The minimum atomic E-state index is -0.436. The Morgan fingerprint density at radius 2 is 1.93 bits per heavy atom. The second-order valence-electron chi connectivity index (χ2n) is 7.20. The lowest BCUT2D eigenvalue weighted by Crippen LogP contribution is -2.16. The monoisotopic (exact) mass is 396 g/mol. The van der Waals surface area contributed by atoms with Gasteiger partial charge in [0.1, 0.15) is 23.3 Å². The van der Waals surface area contributed by atoms with E-state index in [9.17, 15) is 9.59 Å². The third-order valence-corrected chi connectivity index (χ3v) is 4.25. The van der Waals surface area contributed by atoms with E-state index in [1.54, 1.807) is 24.3 Å². The zero-order chi connectivity index (χ0) is 20.8. The van der Waals surface area contributed by atoms with Gasteiger partial charge in [0.2, 0.25) is 11.2 Å². The van der Waals surface area contributed by atoms with E-state index in [0.717, 1.165) is 12.0 Å². The van der Waals surface area contributed by atoms with Crippen LogP contribution in [0.5, 0.6) is 17.2 Å². The van der Waals surface area contributed by atoms with Gasteiger partial charge in [0.25, 0.3) is 0 Å². The van der Waals surface area contributed by atoms with Gasteiger partial charge in [-0.1, -0.05) is 26.0 Å². The number of carbonyl (C=O) groups is 1. The SMILES string of the molecule is Cc1cccc(Oc2coc3cc(OCC(=O)OCCC(C)C)ccc3c2=O)c1. The molecule has 0 radical (unpaired) electrons. The zero-order valence-electron chi connectivity index (χ0n) is 16.8. The maximum Gasteiger partial charge on any atom is 0.344 e. The molecule has 0 amide bonds. The van der Waals surface area contributed by atoms with E-state index in [1.165, 1.54) is 6.26 Å². The first-order valence-electron chi connectivity index (χ1n) is 9.51. The topological polar surface area (TPSA) is 75.0 Å². The van der Waals surface area contributed by atoms with Crippen molar-refractivity contribution in [1.82, 2.24) is 0 Å². The highest BCUT2D eigenvalue weighted by Crippen LogP contribution is 2.24. The number of benzene rings is 2. The molecule has 3 rings (SSSR count). The van der Waals surface area contributed by atoms with Crippen LogP contribution in [0.3, 0.4) is 0 Å². The molecular weight excluding hydrogens is 372 g/mol. The van der Waals surface area contributed by atoms with Crippen molar-refractivity contribution in [2.24, 2.45) is 5.92 Å². The summed E-state index contributed by atoms with van der Waals surface area (Å²) in [6.07, 6.45) is 2.08. The molecule has 1 aromatic heterocycles. The van der Waals surface area contributed by atoms with Crippen LogP contribution in [-0.2, 0) is 9.53 Å². The van der Waals surface area contributed by atoms with Crippen molar-refractivity contribution in [1.29, 1.82) is 0 Å². The molecule has 0 spiro atoms. The molecule has 6 heteroatoms. The van der Waals surface area contributed by atoms with E-state index in [0.29, 0.717) is 35.0 Å². The molecule has 2 aromatic carbocycles. The van der Waals surface area contributed by atoms with Crippen molar-refractivity contribution in [3.8, 4) is 17.2 Å². The third-order valence-electron chi connectivity index (χ3n) is 4.25. The first kappa shape index (κ1) is 20.5. The summed E-state index contributed by atoms with van der Waals surface area (Å²) in [5, 5.41) is 0.363. The Morgan fingerprint density at radius 3 is 2.69 bits per heavy atom. The van der Waals surface area contributed by atoms with Crippen LogP contribution in [0.4, 0.5) is 0 Å². The van der Waals surface area contributed by atoms with Crippen LogP contribution in [0.2, 0.25) is 0 Å². The van der Waals surface area contributed by atoms with E-state index in [4.69, 9.17) is 18.6 Å². The van der Waals surface area contributed by atoms with Crippen molar-refractivity contribution in [2.75, 3.05) is 13.2 Å².